The molecule has 0 aromatic heterocycles. The zero-order valence-electron chi connectivity index (χ0n) is 11.5. The molecule has 2 rings (SSSR count). The normalized spacial score (nSPS) is 20.3. The van der Waals surface area contributed by atoms with E-state index in [1.54, 1.807) is 6.07 Å². The molecule has 0 heterocycles. The predicted molar refractivity (Wildman–Crippen MR) is 73.7 cm³/mol. The first-order valence-corrected chi connectivity index (χ1v) is 7.05. The molecule has 1 aliphatic carbocycles. The van der Waals surface area contributed by atoms with Crippen LogP contribution in [0.2, 0.25) is 0 Å². The van der Waals surface area contributed by atoms with Crippen molar-refractivity contribution in [3.63, 3.8) is 0 Å². The fourth-order valence-corrected chi connectivity index (χ4v) is 3.59. The van der Waals surface area contributed by atoms with Crippen LogP contribution in [0.5, 0.6) is 0 Å². The lowest BCUT2D eigenvalue weighted by Crippen LogP contribution is -2.34. The van der Waals surface area contributed by atoms with Gasteiger partial charge in [-0.2, -0.15) is 0 Å². The van der Waals surface area contributed by atoms with Gasteiger partial charge in [-0.15, -0.1) is 0 Å². The topological polar surface area (TPSA) is 26.0 Å². The van der Waals surface area contributed by atoms with Gasteiger partial charge in [0, 0.05) is 11.6 Å². The predicted octanol–water partition coefficient (Wildman–Crippen LogP) is 4.43. The van der Waals surface area contributed by atoms with Crippen LogP contribution < -0.4 is 5.73 Å². The maximum atomic E-state index is 13.9. The highest BCUT2D eigenvalue weighted by Crippen LogP contribution is 2.50. The van der Waals surface area contributed by atoms with Crippen LogP contribution in [0.25, 0.3) is 0 Å². The van der Waals surface area contributed by atoms with Crippen LogP contribution in [0.4, 0.5) is 4.39 Å². The molecular weight excluding hydrogens is 225 g/mol. The number of hydrogen-bond donors (Lipinski definition) is 1. The van der Waals surface area contributed by atoms with Gasteiger partial charge in [0.15, 0.2) is 0 Å². The van der Waals surface area contributed by atoms with Crippen molar-refractivity contribution in [1.82, 2.24) is 0 Å². The van der Waals surface area contributed by atoms with Crippen molar-refractivity contribution < 1.29 is 4.39 Å². The number of nitrogens with two attached hydrogens (primary N) is 1. The number of benzene rings is 1. The Morgan fingerprint density at radius 2 is 1.83 bits per heavy atom. The van der Waals surface area contributed by atoms with Crippen molar-refractivity contribution in [2.45, 2.75) is 52.0 Å². The molecule has 1 atom stereocenters. The third-order valence-corrected chi connectivity index (χ3v) is 4.31. The van der Waals surface area contributed by atoms with E-state index in [0.29, 0.717) is 11.5 Å². The molecule has 1 aromatic rings. The molecule has 0 aliphatic heterocycles. The first kappa shape index (κ1) is 13.5. The van der Waals surface area contributed by atoms with Gasteiger partial charge in [0.25, 0.3) is 0 Å². The molecule has 1 saturated carbocycles. The van der Waals surface area contributed by atoms with Crippen LogP contribution in [0, 0.1) is 17.2 Å². The largest absolute Gasteiger partial charge is 0.323 e. The van der Waals surface area contributed by atoms with Crippen molar-refractivity contribution in [3.8, 4) is 0 Å². The Labute approximate surface area is 110 Å². The van der Waals surface area contributed by atoms with Crippen molar-refractivity contribution in [1.29, 1.82) is 0 Å². The van der Waals surface area contributed by atoms with Crippen LogP contribution in [0.3, 0.4) is 0 Å². The van der Waals surface area contributed by atoms with E-state index in [9.17, 15) is 4.39 Å². The van der Waals surface area contributed by atoms with E-state index < -0.39 is 0 Å². The van der Waals surface area contributed by atoms with Crippen molar-refractivity contribution in [3.05, 3.63) is 35.6 Å². The van der Waals surface area contributed by atoms with E-state index in [1.165, 1.54) is 18.9 Å². The van der Waals surface area contributed by atoms with Crippen LogP contribution in [-0.4, -0.2) is 0 Å². The van der Waals surface area contributed by atoms with Gasteiger partial charge < -0.3 is 5.73 Å². The summed E-state index contributed by atoms with van der Waals surface area (Å²) in [6.45, 7) is 4.46. The molecular formula is C16H24FN. The lowest BCUT2D eigenvalue weighted by molar-refractivity contribution is 0.180. The fourth-order valence-electron chi connectivity index (χ4n) is 3.59. The highest BCUT2D eigenvalue weighted by Gasteiger charge is 2.41. The summed E-state index contributed by atoms with van der Waals surface area (Å²) in [6.07, 6.45) is 5.84. The third-order valence-electron chi connectivity index (χ3n) is 4.31. The van der Waals surface area contributed by atoms with E-state index in [1.807, 2.05) is 12.1 Å². The lowest BCUT2D eigenvalue weighted by atomic mass is 9.70. The summed E-state index contributed by atoms with van der Waals surface area (Å²) in [4.78, 5) is 0. The zero-order valence-corrected chi connectivity index (χ0v) is 11.5. The monoisotopic (exact) mass is 249 g/mol. The molecule has 0 bridgehead atoms. The molecule has 0 radical (unpaired) electrons. The Bertz CT molecular complexity index is 394. The Morgan fingerprint density at radius 3 is 2.39 bits per heavy atom. The second kappa shape index (κ2) is 5.40. The number of rotatable bonds is 4. The molecule has 1 unspecified atom stereocenters. The van der Waals surface area contributed by atoms with Gasteiger partial charge in [-0.3, -0.25) is 0 Å². The molecule has 0 saturated heterocycles. The summed E-state index contributed by atoms with van der Waals surface area (Å²) >= 11 is 0. The molecule has 1 fully saturated rings. The van der Waals surface area contributed by atoms with Crippen LogP contribution in [0.1, 0.15) is 57.6 Å². The van der Waals surface area contributed by atoms with E-state index in [4.69, 9.17) is 5.73 Å². The molecule has 0 amide bonds. The average molecular weight is 249 g/mol. The molecule has 0 spiro atoms. The summed E-state index contributed by atoms with van der Waals surface area (Å²) in [6, 6.07) is 6.82. The second-order valence-corrected chi connectivity index (χ2v) is 6.17. The highest BCUT2D eigenvalue weighted by atomic mass is 19.1. The lowest BCUT2D eigenvalue weighted by Gasteiger charge is -2.37. The zero-order chi connectivity index (χ0) is 13.2. The minimum absolute atomic E-state index is 0.108. The molecule has 1 aromatic carbocycles. The first-order valence-electron chi connectivity index (χ1n) is 7.05. The van der Waals surface area contributed by atoms with E-state index in [-0.39, 0.29) is 17.3 Å². The van der Waals surface area contributed by atoms with E-state index in [2.05, 4.69) is 13.8 Å². The molecule has 100 valence electrons. The minimum atomic E-state index is -0.163. The average Bonchev–Trinajstić information content (AvgIpc) is 2.77. The van der Waals surface area contributed by atoms with E-state index >= 15 is 0 Å². The van der Waals surface area contributed by atoms with Crippen LogP contribution >= 0.6 is 0 Å². The van der Waals surface area contributed by atoms with Gasteiger partial charge in [0.1, 0.15) is 5.82 Å². The maximum Gasteiger partial charge on any atom is 0.127 e. The van der Waals surface area contributed by atoms with E-state index in [0.717, 1.165) is 19.3 Å². The summed E-state index contributed by atoms with van der Waals surface area (Å²) in [5.74, 6) is 0.459. The maximum absolute atomic E-state index is 13.9. The Hall–Kier alpha value is -0.890. The second-order valence-electron chi connectivity index (χ2n) is 6.17. The third kappa shape index (κ3) is 2.59. The highest BCUT2D eigenvalue weighted by molar-refractivity contribution is 5.23. The SMILES string of the molecule is CC(C)CC1(C(N)c2ccccc2F)CCCC1. The summed E-state index contributed by atoms with van der Waals surface area (Å²) in [5, 5.41) is 0. The number of hydrogen-bond acceptors (Lipinski definition) is 1. The van der Waals surface area contributed by atoms with Gasteiger partial charge >= 0.3 is 0 Å². The Balaban J connectivity index is 2.29. The summed E-state index contributed by atoms with van der Waals surface area (Å²) < 4.78 is 13.9. The first-order chi connectivity index (χ1) is 8.55. The van der Waals surface area contributed by atoms with Crippen molar-refractivity contribution in [2.75, 3.05) is 0 Å². The molecule has 2 N–H and O–H groups in total. The standard InChI is InChI=1S/C16H24FN/c1-12(2)11-16(9-5-6-10-16)15(18)13-7-3-4-8-14(13)17/h3-4,7-8,12,15H,5-6,9-11,18H2,1-2H3. The van der Waals surface area contributed by atoms with Crippen molar-refractivity contribution in [2.24, 2.45) is 17.1 Å². The minimum Gasteiger partial charge on any atom is -0.323 e. The molecule has 18 heavy (non-hydrogen) atoms. The van der Waals surface area contributed by atoms with Gasteiger partial charge in [-0.1, -0.05) is 44.9 Å². The molecule has 1 nitrogen and oxygen atoms in total. The van der Waals surface area contributed by atoms with Crippen molar-refractivity contribution >= 4 is 0 Å². The smallest absolute Gasteiger partial charge is 0.127 e. The summed E-state index contributed by atoms with van der Waals surface area (Å²) in [5.41, 5.74) is 7.25. The van der Waals surface area contributed by atoms with Crippen LogP contribution in [0.15, 0.2) is 24.3 Å². The van der Waals surface area contributed by atoms with Gasteiger partial charge in [0.05, 0.1) is 0 Å². The van der Waals surface area contributed by atoms with Crippen LogP contribution in [-0.2, 0) is 0 Å². The van der Waals surface area contributed by atoms with Gasteiger partial charge in [0.2, 0.25) is 0 Å². The molecule has 2 heteroatoms. The fraction of sp³-hybridized carbons (Fsp3) is 0.625. The number of halogens is 1. The quantitative estimate of drug-likeness (QED) is 0.839. The Morgan fingerprint density at radius 1 is 1.22 bits per heavy atom. The Kier molecular flexibility index (Phi) is 4.06. The molecule has 1 aliphatic rings. The van der Waals surface area contributed by atoms with Gasteiger partial charge in [-0.25, -0.2) is 4.39 Å². The summed E-state index contributed by atoms with van der Waals surface area (Å²) in [7, 11) is 0. The van der Waals surface area contributed by atoms with Gasteiger partial charge in [-0.05, 0) is 36.7 Å².